The molecule has 1 aromatic carbocycles. The molecule has 0 aliphatic heterocycles. The highest BCUT2D eigenvalue weighted by Crippen LogP contribution is 2.31. The van der Waals surface area contributed by atoms with E-state index in [0.717, 1.165) is 17.4 Å². The van der Waals surface area contributed by atoms with Gasteiger partial charge in [-0.2, -0.15) is 4.39 Å². The number of thiazole rings is 1. The van der Waals surface area contributed by atoms with Crippen LogP contribution in [0.2, 0.25) is 0 Å². The van der Waals surface area contributed by atoms with E-state index in [4.69, 9.17) is 11.5 Å². The van der Waals surface area contributed by atoms with E-state index in [9.17, 15) is 14.0 Å². The van der Waals surface area contributed by atoms with Gasteiger partial charge in [-0.3, -0.25) is 9.59 Å². The van der Waals surface area contributed by atoms with Crippen LogP contribution in [0.1, 0.15) is 20.8 Å². The van der Waals surface area contributed by atoms with Gasteiger partial charge in [0.05, 0.1) is 0 Å². The smallest absolute Gasteiger partial charge is 0.270 e. The van der Waals surface area contributed by atoms with E-state index in [1.165, 1.54) is 12.3 Å². The number of anilines is 4. The van der Waals surface area contributed by atoms with Crippen molar-refractivity contribution in [3.8, 4) is 0 Å². The Morgan fingerprint density at radius 2 is 1.88 bits per heavy atom. The van der Waals surface area contributed by atoms with E-state index >= 15 is 0 Å². The number of pyridine rings is 1. The molecule has 0 saturated carbocycles. The quantitative estimate of drug-likeness (QED) is 0.401. The Hall–Kier alpha value is -3.53. The fraction of sp³-hybridized carbons (Fsp3) is 0. The first kappa shape index (κ1) is 17.3. The van der Waals surface area contributed by atoms with Gasteiger partial charge >= 0.3 is 0 Å². The molecule has 0 radical (unpaired) electrons. The predicted octanol–water partition coefficient (Wildman–Crippen LogP) is 2.35. The second-order valence-corrected chi connectivity index (χ2v) is 6.13. The minimum absolute atomic E-state index is 0.101. The number of hydrogen-bond acceptors (Lipinski definition) is 7. The highest BCUT2D eigenvalue weighted by Gasteiger charge is 2.19. The number of hydrogen-bond donors (Lipinski definition) is 4. The maximum Gasteiger partial charge on any atom is 0.270 e. The molecule has 8 nitrogen and oxygen atoms in total. The molecule has 0 unspecified atom stereocenters. The molecule has 2 aromatic heterocycles. The number of halogens is 1. The van der Waals surface area contributed by atoms with Crippen molar-refractivity contribution in [2.75, 3.05) is 16.4 Å². The third kappa shape index (κ3) is 3.92. The van der Waals surface area contributed by atoms with Crippen LogP contribution < -0.4 is 22.1 Å². The Labute approximate surface area is 151 Å². The first-order valence-corrected chi connectivity index (χ1v) is 8.10. The summed E-state index contributed by atoms with van der Waals surface area (Å²) in [6, 6.07) is 8.96. The van der Waals surface area contributed by atoms with E-state index in [0.29, 0.717) is 16.9 Å². The van der Waals surface area contributed by atoms with Crippen LogP contribution in [0.3, 0.4) is 0 Å². The SMILES string of the molecule is NC(=O)c1nc(Nc2ccnc(F)c2)sc1NC(=O)c1ccc(N)cc1. The Balaban J connectivity index is 1.84. The van der Waals surface area contributed by atoms with Gasteiger partial charge in [-0.15, -0.1) is 0 Å². The fourth-order valence-corrected chi connectivity index (χ4v) is 2.92. The summed E-state index contributed by atoms with van der Waals surface area (Å²) in [5.74, 6) is -1.92. The maximum atomic E-state index is 13.2. The number of carbonyl (C=O) groups is 2. The predicted molar refractivity (Wildman–Crippen MR) is 96.9 cm³/mol. The van der Waals surface area contributed by atoms with E-state index < -0.39 is 17.8 Å². The van der Waals surface area contributed by atoms with Crippen LogP contribution in [0, 0.1) is 5.95 Å². The van der Waals surface area contributed by atoms with Crippen molar-refractivity contribution in [2.24, 2.45) is 5.73 Å². The number of rotatable bonds is 5. The Morgan fingerprint density at radius 1 is 1.15 bits per heavy atom. The second-order valence-electron chi connectivity index (χ2n) is 5.13. The lowest BCUT2D eigenvalue weighted by molar-refractivity contribution is 0.0997. The number of benzene rings is 1. The van der Waals surface area contributed by atoms with Gasteiger partial charge in [-0.05, 0) is 30.3 Å². The number of nitrogens with two attached hydrogens (primary N) is 2. The van der Waals surface area contributed by atoms with Crippen molar-refractivity contribution < 1.29 is 14.0 Å². The molecule has 3 rings (SSSR count). The summed E-state index contributed by atoms with van der Waals surface area (Å²) in [4.78, 5) is 31.4. The average Bonchev–Trinajstić information content (AvgIpc) is 2.98. The van der Waals surface area contributed by atoms with Crippen LogP contribution in [-0.4, -0.2) is 21.8 Å². The first-order chi connectivity index (χ1) is 12.4. The number of amides is 2. The summed E-state index contributed by atoms with van der Waals surface area (Å²) in [6.45, 7) is 0. The molecule has 0 saturated heterocycles. The van der Waals surface area contributed by atoms with Gasteiger partial charge in [-0.1, -0.05) is 11.3 Å². The molecule has 132 valence electrons. The summed E-state index contributed by atoms with van der Waals surface area (Å²) in [6.07, 6.45) is 1.28. The molecule has 0 bridgehead atoms. The molecule has 0 atom stereocenters. The Morgan fingerprint density at radius 3 is 2.54 bits per heavy atom. The zero-order valence-electron chi connectivity index (χ0n) is 13.2. The van der Waals surface area contributed by atoms with Gasteiger partial charge < -0.3 is 22.1 Å². The molecule has 3 aromatic rings. The lowest BCUT2D eigenvalue weighted by Crippen LogP contribution is -2.17. The molecule has 2 amide bonds. The van der Waals surface area contributed by atoms with Gasteiger partial charge in [0.25, 0.3) is 11.8 Å². The zero-order chi connectivity index (χ0) is 18.7. The van der Waals surface area contributed by atoms with Crippen LogP contribution in [0.25, 0.3) is 0 Å². The van der Waals surface area contributed by atoms with E-state index in [1.54, 1.807) is 24.3 Å². The number of carbonyl (C=O) groups excluding carboxylic acids is 2. The average molecular weight is 372 g/mol. The highest BCUT2D eigenvalue weighted by atomic mass is 32.1. The summed E-state index contributed by atoms with van der Waals surface area (Å²) >= 11 is 0.992. The van der Waals surface area contributed by atoms with E-state index in [-0.39, 0.29) is 15.8 Å². The van der Waals surface area contributed by atoms with E-state index in [1.807, 2.05) is 0 Å². The van der Waals surface area contributed by atoms with Crippen molar-refractivity contribution in [1.82, 2.24) is 9.97 Å². The van der Waals surface area contributed by atoms with Gasteiger partial charge in [0.15, 0.2) is 10.8 Å². The van der Waals surface area contributed by atoms with Gasteiger partial charge in [0.2, 0.25) is 5.95 Å². The van der Waals surface area contributed by atoms with Gasteiger partial charge in [-0.25, -0.2) is 9.97 Å². The number of primary amides is 1. The Kier molecular flexibility index (Phi) is 4.76. The summed E-state index contributed by atoms with van der Waals surface area (Å²) in [5.41, 5.74) is 12.1. The molecule has 0 fully saturated rings. The largest absolute Gasteiger partial charge is 0.399 e. The van der Waals surface area contributed by atoms with Crippen LogP contribution >= 0.6 is 11.3 Å². The van der Waals surface area contributed by atoms with Crippen LogP contribution in [0.15, 0.2) is 42.6 Å². The highest BCUT2D eigenvalue weighted by molar-refractivity contribution is 7.20. The van der Waals surface area contributed by atoms with Crippen molar-refractivity contribution in [2.45, 2.75) is 0 Å². The summed E-state index contributed by atoms with van der Waals surface area (Å²) < 4.78 is 13.2. The lowest BCUT2D eigenvalue weighted by Gasteiger charge is -2.04. The molecule has 0 spiro atoms. The third-order valence-corrected chi connectivity index (χ3v) is 4.12. The molecular weight excluding hydrogens is 359 g/mol. The van der Waals surface area contributed by atoms with Gasteiger partial charge in [0.1, 0.15) is 5.00 Å². The van der Waals surface area contributed by atoms with Crippen LogP contribution in [0.4, 0.5) is 25.9 Å². The molecule has 0 aliphatic rings. The minimum atomic E-state index is -0.803. The number of nitrogens with zero attached hydrogens (tertiary/aromatic N) is 2. The molecular formula is C16H13FN6O2S. The van der Waals surface area contributed by atoms with E-state index in [2.05, 4.69) is 20.6 Å². The van der Waals surface area contributed by atoms with Crippen molar-refractivity contribution in [3.05, 3.63) is 59.8 Å². The summed E-state index contributed by atoms with van der Waals surface area (Å²) in [5, 5.41) is 5.87. The zero-order valence-corrected chi connectivity index (χ0v) is 14.0. The van der Waals surface area contributed by atoms with Crippen LogP contribution in [-0.2, 0) is 0 Å². The van der Waals surface area contributed by atoms with Gasteiger partial charge in [0, 0.05) is 29.2 Å². The molecule has 6 N–H and O–H groups in total. The topological polar surface area (TPSA) is 136 Å². The number of nitrogens with one attached hydrogen (secondary N) is 2. The monoisotopic (exact) mass is 372 g/mol. The second kappa shape index (κ2) is 7.15. The number of aromatic nitrogens is 2. The Bertz CT molecular complexity index is 973. The molecule has 10 heteroatoms. The molecule has 26 heavy (non-hydrogen) atoms. The first-order valence-electron chi connectivity index (χ1n) is 7.28. The third-order valence-electron chi connectivity index (χ3n) is 3.24. The normalized spacial score (nSPS) is 10.3. The van der Waals surface area contributed by atoms with Crippen molar-refractivity contribution >= 4 is 44.7 Å². The standard InChI is InChI=1S/C16H13FN6O2S/c17-11-7-10(5-6-20-11)21-16-22-12(13(19)24)15(26-16)23-14(25)8-1-3-9(18)4-2-8/h1-7H,18H2,(H2,19,24)(H,23,25)(H,20,21,22). The minimum Gasteiger partial charge on any atom is -0.399 e. The molecule has 0 aliphatic carbocycles. The number of nitrogen functional groups attached to an aromatic ring is 1. The van der Waals surface area contributed by atoms with Crippen molar-refractivity contribution in [3.63, 3.8) is 0 Å². The fourth-order valence-electron chi connectivity index (χ4n) is 2.04. The summed E-state index contributed by atoms with van der Waals surface area (Å²) in [7, 11) is 0. The maximum absolute atomic E-state index is 13.2. The van der Waals surface area contributed by atoms with Crippen LogP contribution in [0.5, 0.6) is 0 Å². The lowest BCUT2D eigenvalue weighted by atomic mass is 10.2. The van der Waals surface area contributed by atoms with Crippen molar-refractivity contribution in [1.29, 1.82) is 0 Å². The molecule has 2 heterocycles.